The standard InChI is InChI=1S/C10H9FN5O9P/c11-15-7-3-6(20)13-9(15)16-24-26(21,25-16)23-10(12-3)14(7)8-5(19)4(18)2(1-17)22-8/h2,4-5,8,17-19H,1H2. The summed E-state index contributed by atoms with van der Waals surface area (Å²) >= 11 is 0. The lowest BCUT2D eigenvalue weighted by Crippen LogP contribution is -2.37. The van der Waals surface area contributed by atoms with Crippen LogP contribution in [0.2, 0.25) is 0 Å². The van der Waals surface area contributed by atoms with Gasteiger partial charge in [-0.05, 0) is 0 Å². The average molecular weight is 393 g/mol. The number of aliphatic hydroxyl groups excluding tert-OH is 3. The summed E-state index contributed by atoms with van der Waals surface area (Å²) in [6.45, 7) is -0.648. The molecule has 2 saturated heterocycles. The molecule has 2 aromatic heterocycles. The van der Waals surface area contributed by atoms with Crippen molar-refractivity contribution >= 4 is 24.9 Å². The van der Waals surface area contributed by atoms with Gasteiger partial charge < -0.3 is 24.6 Å². The molecule has 3 N–H and O–H groups in total. The van der Waals surface area contributed by atoms with Crippen LogP contribution in [0.15, 0.2) is 4.79 Å². The summed E-state index contributed by atoms with van der Waals surface area (Å²) in [7, 11) is -4.21. The maximum atomic E-state index is 14.9. The number of anilines is 1. The molecule has 4 aliphatic heterocycles. The van der Waals surface area contributed by atoms with Crippen molar-refractivity contribution in [2.45, 2.75) is 24.5 Å². The number of imidazole rings is 1. The lowest BCUT2D eigenvalue weighted by Gasteiger charge is -2.32. The van der Waals surface area contributed by atoms with Crippen LogP contribution in [-0.4, -0.2) is 59.6 Å². The number of phosphoric acid groups is 1. The Labute approximate surface area is 141 Å². The molecule has 26 heavy (non-hydrogen) atoms. The van der Waals surface area contributed by atoms with Gasteiger partial charge in [0.1, 0.15) is 18.3 Å². The first-order chi connectivity index (χ1) is 12.3. The maximum absolute atomic E-state index is 14.9. The highest BCUT2D eigenvalue weighted by molar-refractivity contribution is 7.50. The van der Waals surface area contributed by atoms with Crippen molar-refractivity contribution in [2.75, 3.05) is 11.8 Å². The molecule has 0 spiro atoms. The Hall–Kier alpha value is -2.13. The van der Waals surface area contributed by atoms with Crippen molar-refractivity contribution in [1.82, 2.24) is 19.3 Å². The fourth-order valence-corrected chi connectivity index (χ4v) is 3.83. The normalized spacial score (nSPS) is 31.6. The Kier molecular flexibility index (Phi) is 3.08. The molecule has 0 aliphatic carbocycles. The van der Waals surface area contributed by atoms with Crippen LogP contribution in [0.4, 0.5) is 10.4 Å². The Morgan fingerprint density at radius 2 is 1.96 bits per heavy atom. The number of ether oxygens (including phenoxy) is 1. The van der Waals surface area contributed by atoms with E-state index in [1.807, 2.05) is 0 Å². The molecule has 140 valence electrons. The molecule has 0 aromatic carbocycles. The summed E-state index contributed by atoms with van der Waals surface area (Å²) in [4.78, 5) is 19.1. The Balaban J connectivity index is 1.80. The summed E-state index contributed by atoms with van der Waals surface area (Å²) in [5, 5.41) is 29.6. The molecular formula is C10H9FN5O9P. The summed E-state index contributed by atoms with van der Waals surface area (Å²) in [6, 6.07) is -0.637. The summed E-state index contributed by atoms with van der Waals surface area (Å²) < 4.78 is 47.6. The van der Waals surface area contributed by atoms with Gasteiger partial charge in [0, 0.05) is 0 Å². The highest BCUT2D eigenvalue weighted by Crippen LogP contribution is 2.60. The third kappa shape index (κ3) is 1.90. The van der Waals surface area contributed by atoms with Crippen molar-refractivity contribution in [1.29, 1.82) is 0 Å². The van der Waals surface area contributed by atoms with Crippen molar-refractivity contribution < 1.29 is 42.9 Å². The average Bonchev–Trinajstić information content (AvgIpc) is 3.08. The predicted molar refractivity (Wildman–Crippen MR) is 74.2 cm³/mol. The lowest BCUT2D eigenvalue weighted by atomic mass is 10.1. The quantitative estimate of drug-likeness (QED) is 0.486. The van der Waals surface area contributed by atoms with Crippen molar-refractivity contribution in [3.63, 3.8) is 0 Å². The monoisotopic (exact) mass is 393 g/mol. The first-order valence-electron chi connectivity index (χ1n) is 7.16. The fraction of sp³-hybridized carbons (Fsp3) is 0.500. The van der Waals surface area contributed by atoms with Crippen LogP contribution < -0.4 is 15.3 Å². The van der Waals surface area contributed by atoms with Crippen molar-refractivity contribution in [2.24, 2.45) is 0 Å². The number of halogens is 1. The van der Waals surface area contributed by atoms with E-state index >= 15 is 0 Å². The van der Waals surface area contributed by atoms with E-state index < -0.39 is 67.7 Å². The molecule has 4 atom stereocenters. The number of hydrogen-bond donors (Lipinski definition) is 3. The topological polar surface area (TPSA) is 171 Å². The van der Waals surface area contributed by atoms with E-state index in [0.29, 0.717) is 5.23 Å². The fourth-order valence-electron chi connectivity index (χ4n) is 2.91. The third-order valence-electron chi connectivity index (χ3n) is 4.10. The number of hydrogen-bond acceptors (Lipinski definition) is 12. The molecule has 4 unspecified atom stereocenters. The minimum atomic E-state index is -4.21. The molecular weight excluding hydrogens is 384 g/mol. The second-order valence-electron chi connectivity index (χ2n) is 5.62. The number of aromatic nitrogens is 4. The first-order valence-corrected chi connectivity index (χ1v) is 8.62. The minimum Gasteiger partial charge on any atom is -0.394 e. The lowest BCUT2D eigenvalue weighted by molar-refractivity contribution is -0.0703. The smallest absolute Gasteiger partial charge is 0.394 e. The molecule has 4 aliphatic rings. The molecule has 2 aromatic rings. The van der Waals surface area contributed by atoms with Crippen molar-refractivity contribution in [3.05, 3.63) is 10.4 Å². The Morgan fingerprint density at radius 3 is 2.62 bits per heavy atom. The molecule has 0 amide bonds. The number of rotatable bonds is 2. The molecule has 5 bridgehead atoms. The summed E-state index contributed by atoms with van der Waals surface area (Å²) in [5.74, 6) is -0.807. The minimum absolute atomic E-state index is 0.167. The van der Waals surface area contributed by atoms with Crippen LogP contribution in [0.3, 0.4) is 0 Å². The molecule has 0 radical (unpaired) electrons. The maximum Gasteiger partial charge on any atom is 0.580 e. The van der Waals surface area contributed by atoms with Gasteiger partial charge in [0.25, 0.3) is 5.95 Å². The van der Waals surface area contributed by atoms with Gasteiger partial charge in [0.05, 0.1) is 6.61 Å². The van der Waals surface area contributed by atoms with Crippen LogP contribution in [0, 0.1) is 0 Å². The molecule has 14 nitrogen and oxygen atoms in total. The largest absolute Gasteiger partial charge is 0.580 e. The predicted octanol–water partition coefficient (Wildman–Crippen LogP) is -1.88. The van der Waals surface area contributed by atoms with Gasteiger partial charge in [-0.3, -0.25) is 4.79 Å². The van der Waals surface area contributed by atoms with Crippen LogP contribution >= 0.6 is 7.82 Å². The third-order valence-corrected chi connectivity index (χ3v) is 5.18. The zero-order chi connectivity index (χ0) is 18.4. The van der Waals surface area contributed by atoms with Crippen LogP contribution in [0.1, 0.15) is 6.23 Å². The summed E-state index contributed by atoms with van der Waals surface area (Å²) in [5.41, 5.74) is -2.08. The van der Waals surface area contributed by atoms with Crippen LogP contribution in [0.25, 0.3) is 11.2 Å². The van der Waals surface area contributed by atoms with Crippen LogP contribution in [-0.2, 0) is 18.6 Å². The van der Waals surface area contributed by atoms with Gasteiger partial charge >= 0.3 is 19.4 Å². The van der Waals surface area contributed by atoms with E-state index in [2.05, 4.69) is 9.97 Å². The van der Waals surface area contributed by atoms with Crippen LogP contribution in [0.5, 0.6) is 6.01 Å². The van der Waals surface area contributed by atoms with Gasteiger partial charge in [0.15, 0.2) is 17.4 Å². The SMILES string of the molecule is O=c1nc2n(F)c3c1nc(n3C1OC(CO)C(O)C1O)OP1(=O)ON2O1. The Bertz CT molecular complexity index is 1030. The number of nitrogens with zero attached hydrogens (tertiary/aromatic N) is 5. The van der Waals surface area contributed by atoms with Gasteiger partial charge in [-0.1, -0.05) is 9.71 Å². The second-order valence-corrected chi connectivity index (χ2v) is 7.03. The first kappa shape index (κ1) is 16.1. The Morgan fingerprint density at radius 1 is 1.23 bits per heavy atom. The zero-order valence-corrected chi connectivity index (χ0v) is 13.3. The summed E-state index contributed by atoms with van der Waals surface area (Å²) in [6.07, 6.45) is -5.91. The highest BCUT2D eigenvalue weighted by atomic mass is 31.2. The van der Waals surface area contributed by atoms with E-state index in [1.54, 1.807) is 0 Å². The van der Waals surface area contributed by atoms with E-state index in [0.717, 1.165) is 4.57 Å². The van der Waals surface area contributed by atoms with E-state index in [4.69, 9.17) is 18.5 Å². The molecule has 2 fully saturated rings. The van der Waals surface area contributed by atoms with E-state index in [9.17, 15) is 29.2 Å². The zero-order valence-electron chi connectivity index (χ0n) is 12.4. The molecule has 6 rings (SSSR count). The highest BCUT2D eigenvalue weighted by Gasteiger charge is 2.54. The van der Waals surface area contributed by atoms with E-state index in [-0.39, 0.29) is 4.79 Å². The van der Waals surface area contributed by atoms with Gasteiger partial charge in [-0.2, -0.15) is 9.97 Å². The van der Waals surface area contributed by atoms with E-state index in [1.165, 1.54) is 0 Å². The molecule has 6 heterocycles. The van der Waals surface area contributed by atoms with Gasteiger partial charge in [-0.25, -0.2) is 9.13 Å². The number of aliphatic hydroxyl groups is 3. The second kappa shape index (κ2) is 4.98. The molecule has 16 heteroatoms. The van der Waals surface area contributed by atoms with Gasteiger partial charge in [0.2, 0.25) is 0 Å². The molecule has 0 saturated carbocycles. The van der Waals surface area contributed by atoms with Gasteiger partial charge in [-0.15, -0.1) is 14.0 Å². The van der Waals surface area contributed by atoms with Crippen molar-refractivity contribution in [3.8, 4) is 6.01 Å².